The molecule has 0 atom stereocenters. The van der Waals surface area contributed by atoms with E-state index < -0.39 is 4.92 Å². The summed E-state index contributed by atoms with van der Waals surface area (Å²) in [5.74, 6) is 0.786. The van der Waals surface area contributed by atoms with Crippen molar-refractivity contribution in [3.8, 4) is 11.5 Å². The minimum Gasteiger partial charge on any atom is -0.497 e. The van der Waals surface area contributed by atoms with Crippen molar-refractivity contribution in [2.75, 3.05) is 7.11 Å². The van der Waals surface area contributed by atoms with Gasteiger partial charge in [-0.25, -0.2) is 0 Å². The number of rotatable bonds is 6. The topological polar surface area (TPSA) is 79.4 Å². The van der Waals surface area contributed by atoms with Crippen LogP contribution in [-0.4, -0.2) is 27.9 Å². The number of benzene rings is 1. The van der Waals surface area contributed by atoms with Crippen LogP contribution >= 0.6 is 0 Å². The van der Waals surface area contributed by atoms with Crippen LogP contribution in [-0.2, 0) is 6.54 Å². The van der Waals surface area contributed by atoms with Crippen LogP contribution in [0.15, 0.2) is 30.5 Å². The first kappa shape index (κ1) is 13.4. The quantitative estimate of drug-likeness (QED) is 0.602. The van der Waals surface area contributed by atoms with Gasteiger partial charge in [0.1, 0.15) is 5.75 Å². The van der Waals surface area contributed by atoms with Crippen LogP contribution in [0.1, 0.15) is 18.4 Å². The van der Waals surface area contributed by atoms with Gasteiger partial charge in [-0.1, -0.05) is 12.1 Å². The maximum Gasteiger partial charge on any atom is 0.432 e. The molecule has 1 saturated carbocycles. The predicted octanol–water partition coefficient (Wildman–Crippen LogP) is 2.39. The van der Waals surface area contributed by atoms with Crippen molar-refractivity contribution in [1.82, 2.24) is 9.78 Å². The Kier molecular flexibility index (Phi) is 3.47. The molecule has 7 nitrogen and oxygen atoms in total. The highest BCUT2D eigenvalue weighted by Gasteiger charge is 2.30. The summed E-state index contributed by atoms with van der Waals surface area (Å²) in [5, 5.41) is 15.0. The maximum atomic E-state index is 11.0. The molecule has 0 bridgehead atoms. The number of ether oxygens (including phenoxy) is 2. The highest BCUT2D eigenvalue weighted by atomic mass is 16.6. The molecule has 3 rings (SSSR count). The van der Waals surface area contributed by atoms with Gasteiger partial charge in [-0.2, -0.15) is 4.68 Å². The van der Waals surface area contributed by atoms with E-state index in [1.54, 1.807) is 13.3 Å². The van der Waals surface area contributed by atoms with Crippen molar-refractivity contribution in [2.45, 2.75) is 25.5 Å². The van der Waals surface area contributed by atoms with Gasteiger partial charge < -0.3 is 19.6 Å². The molecule has 1 aliphatic carbocycles. The van der Waals surface area contributed by atoms with Gasteiger partial charge in [-0.15, -0.1) is 0 Å². The van der Waals surface area contributed by atoms with Crippen LogP contribution in [0, 0.1) is 10.1 Å². The molecule has 1 fully saturated rings. The monoisotopic (exact) mass is 289 g/mol. The zero-order chi connectivity index (χ0) is 14.8. The molecule has 0 spiro atoms. The minimum absolute atomic E-state index is 0.0994. The van der Waals surface area contributed by atoms with Gasteiger partial charge in [0.2, 0.25) is 5.75 Å². The van der Waals surface area contributed by atoms with E-state index in [1.807, 2.05) is 24.3 Å². The van der Waals surface area contributed by atoms with Crippen molar-refractivity contribution < 1.29 is 14.4 Å². The summed E-state index contributed by atoms with van der Waals surface area (Å²) in [6, 6.07) is 7.48. The maximum absolute atomic E-state index is 11.0. The predicted molar refractivity (Wildman–Crippen MR) is 74.6 cm³/mol. The van der Waals surface area contributed by atoms with Gasteiger partial charge >= 0.3 is 5.82 Å². The van der Waals surface area contributed by atoms with E-state index in [0.717, 1.165) is 24.2 Å². The Balaban J connectivity index is 1.78. The first-order chi connectivity index (χ1) is 10.2. The van der Waals surface area contributed by atoms with Gasteiger partial charge in [0.25, 0.3) is 0 Å². The van der Waals surface area contributed by atoms with E-state index in [9.17, 15) is 10.1 Å². The van der Waals surface area contributed by atoms with Gasteiger partial charge in [0.05, 0.1) is 31.1 Å². The molecule has 0 unspecified atom stereocenters. The highest BCUT2D eigenvalue weighted by Crippen LogP contribution is 2.32. The van der Waals surface area contributed by atoms with Gasteiger partial charge in [0, 0.05) is 0 Å². The first-order valence-corrected chi connectivity index (χ1v) is 6.67. The molecular formula is C14H15N3O4. The van der Waals surface area contributed by atoms with Crippen LogP contribution in [0.5, 0.6) is 11.5 Å². The van der Waals surface area contributed by atoms with Gasteiger partial charge in [-0.05, 0) is 35.5 Å². The third-order valence-electron chi connectivity index (χ3n) is 3.20. The second-order valence-corrected chi connectivity index (χ2v) is 4.94. The van der Waals surface area contributed by atoms with Crippen LogP contribution in [0.2, 0.25) is 0 Å². The molecule has 2 aromatic rings. The summed E-state index contributed by atoms with van der Waals surface area (Å²) in [6.45, 7) is 0.443. The molecule has 21 heavy (non-hydrogen) atoms. The zero-order valence-electron chi connectivity index (χ0n) is 11.6. The van der Waals surface area contributed by atoms with Gasteiger partial charge in [-0.3, -0.25) is 0 Å². The number of aromatic nitrogens is 2. The Hall–Kier alpha value is -2.57. The lowest BCUT2D eigenvalue weighted by Crippen LogP contribution is -2.01. The zero-order valence-corrected chi connectivity index (χ0v) is 11.6. The molecule has 0 radical (unpaired) electrons. The molecule has 0 N–H and O–H groups in total. The van der Waals surface area contributed by atoms with E-state index in [2.05, 4.69) is 5.10 Å². The molecule has 110 valence electrons. The van der Waals surface area contributed by atoms with Crippen molar-refractivity contribution in [2.24, 2.45) is 0 Å². The Morgan fingerprint density at radius 2 is 2.10 bits per heavy atom. The van der Waals surface area contributed by atoms with E-state index in [-0.39, 0.29) is 17.7 Å². The summed E-state index contributed by atoms with van der Waals surface area (Å²) >= 11 is 0. The Morgan fingerprint density at radius 3 is 2.67 bits per heavy atom. The lowest BCUT2D eigenvalue weighted by molar-refractivity contribution is -0.390. The third kappa shape index (κ3) is 3.13. The molecular weight excluding hydrogens is 274 g/mol. The normalized spacial score (nSPS) is 14.0. The average molecular weight is 289 g/mol. The minimum atomic E-state index is -0.512. The van der Waals surface area contributed by atoms with Crippen LogP contribution in [0.3, 0.4) is 0 Å². The molecule has 7 heteroatoms. The van der Waals surface area contributed by atoms with Crippen LogP contribution < -0.4 is 9.47 Å². The van der Waals surface area contributed by atoms with E-state index in [0.29, 0.717) is 6.54 Å². The molecule has 1 aromatic carbocycles. The summed E-state index contributed by atoms with van der Waals surface area (Å²) in [7, 11) is 1.60. The fourth-order valence-corrected chi connectivity index (χ4v) is 1.97. The number of nitro groups is 1. The van der Waals surface area contributed by atoms with Crippen LogP contribution in [0.4, 0.5) is 5.82 Å². The largest absolute Gasteiger partial charge is 0.497 e. The van der Waals surface area contributed by atoms with Crippen molar-refractivity contribution in [1.29, 1.82) is 0 Å². The lowest BCUT2D eigenvalue weighted by atomic mass is 10.2. The highest BCUT2D eigenvalue weighted by molar-refractivity contribution is 5.38. The second kappa shape index (κ2) is 5.43. The van der Waals surface area contributed by atoms with Crippen molar-refractivity contribution >= 4 is 5.82 Å². The van der Waals surface area contributed by atoms with Crippen molar-refractivity contribution in [3.63, 3.8) is 0 Å². The van der Waals surface area contributed by atoms with Crippen molar-refractivity contribution in [3.05, 3.63) is 46.1 Å². The van der Waals surface area contributed by atoms with E-state index in [1.165, 1.54) is 4.68 Å². The fourth-order valence-electron chi connectivity index (χ4n) is 1.97. The average Bonchev–Trinajstić information content (AvgIpc) is 3.19. The number of hydrogen-bond acceptors (Lipinski definition) is 5. The fraction of sp³-hybridized carbons (Fsp3) is 0.357. The summed E-state index contributed by atoms with van der Waals surface area (Å²) in [5.41, 5.74) is 0.978. The molecule has 0 aliphatic heterocycles. The Morgan fingerprint density at radius 1 is 1.38 bits per heavy atom. The summed E-state index contributed by atoms with van der Waals surface area (Å²) in [4.78, 5) is 10.5. The Labute approximate surface area is 121 Å². The lowest BCUT2D eigenvalue weighted by Gasteiger charge is -2.01. The van der Waals surface area contributed by atoms with Crippen LogP contribution in [0.25, 0.3) is 0 Å². The molecule has 0 saturated heterocycles. The number of nitrogens with zero attached hydrogens (tertiary/aromatic N) is 3. The summed E-state index contributed by atoms with van der Waals surface area (Å²) in [6.07, 6.45) is 3.57. The third-order valence-corrected chi connectivity index (χ3v) is 3.20. The molecule has 1 aromatic heterocycles. The second-order valence-electron chi connectivity index (χ2n) is 4.94. The SMILES string of the molecule is COc1ccc(Cn2cc(OC3CC3)c([N+](=O)[O-])n2)cc1. The Bertz CT molecular complexity index is 647. The van der Waals surface area contributed by atoms with E-state index in [4.69, 9.17) is 9.47 Å². The standard InChI is InChI=1S/C14H15N3O4/c1-20-11-4-2-10(3-5-11)8-16-9-13(21-12-6-7-12)14(15-16)17(18)19/h2-5,9,12H,6-8H2,1H3. The molecule has 0 amide bonds. The van der Waals surface area contributed by atoms with E-state index >= 15 is 0 Å². The smallest absolute Gasteiger partial charge is 0.432 e. The molecule has 1 heterocycles. The number of hydrogen-bond donors (Lipinski definition) is 0. The number of methoxy groups -OCH3 is 1. The summed E-state index contributed by atoms with van der Waals surface area (Å²) < 4.78 is 12.1. The molecule has 1 aliphatic rings. The first-order valence-electron chi connectivity index (χ1n) is 6.67. The van der Waals surface area contributed by atoms with Gasteiger partial charge in [0.15, 0.2) is 0 Å².